The van der Waals surface area contributed by atoms with Gasteiger partial charge in [-0.2, -0.15) is 4.98 Å². The molecule has 1 aromatic carbocycles. The summed E-state index contributed by atoms with van der Waals surface area (Å²) in [6.45, 7) is 1.99. The van der Waals surface area contributed by atoms with Crippen LogP contribution in [-0.4, -0.2) is 15.1 Å². The Bertz CT molecular complexity index is 706. The van der Waals surface area contributed by atoms with Gasteiger partial charge in [0.2, 0.25) is 5.82 Å². The van der Waals surface area contributed by atoms with Crippen molar-refractivity contribution in [3.8, 4) is 22.8 Å². The van der Waals surface area contributed by atoms with Crippen LogP contribution in [0.5, 0.6) is 0 Å². The molecular weight excluding hydrogens is 240 g/mol. The third kappa shape index (κ3) is 2.18. The van der Waals surface area contributed by atoms with Crippen LogP contribution in [0.2, 0.25) is 0 Å². The summed E-state index contributed by atoms with van der Waals surface area (Å²) in [5.41, 5.74) is 9.20. The van der Waals surface area contributed by atoms with E-state index >= 15 is 0 Å². The largest absolute Gasteiger partial charge is 0.398 e. The van der Waals surface area contributed by atoms with Gasteiger partial charge in [-0.1, -0.05) is 16.8 Å². The minimum atomic E-state index is 0.417. The Morgan fingerprint density at radius 3 is 2.89 bits per heavy atom. The molecule has 0 amide bonds. The fourth-order valence-electron chi connectivity index (χ4n) is 1.80. The highest BCUT2D eigenvalue weighted by Crippen LogP contribution is 2.27. The van der Waals surface area contributed by atoms with E-state index in [2.05, 4.69) is 15.1 Å². The molecule has 94 valence electrons. The van der Waals surface area contributed by atoms with Gasteiger partial charge < -0.3 is 10.3 Å². The van der Waals surface area contributed by atoms with E-state index in [9.17, 15) is 0 Å². The van der Waals surface area contributed by atoms with E-state index < -0.39 is 0 Å². The van der Waals surface area contributed by atoms with Gasteiger partial charge >= 0.3 is 0 Å². The number of benzene rings is 1. The number of pyridine rings is 1. The molecule has 5 heteroatoms. The predicted octanol–water partition coefficient (Wildman–Crippen LogP) is 2.69. The van der Waals surface area contributed by atoms with Gasteiger partial charge in [-0.05, 0) is 31.2 Å². The zero-order chi connectivity index (χ0) is 13.2. The molecule has 0 saturated carbocycles. The van der Waals surface area contributed by atoms with Gasteiger partial charge in [-0.3, -0.25) is 4.98 Å². The maximum absolute atomic E-state index is 5.93. The Labute approximate surface area is 110 Å². The Hall–Kier alpha value is -2.69. The van der Waals surface area contributed by atoms with Gasteiger partial charge in [-0.25, -0.2) is 0 Å². The Balaban J connectivity index is 2.04. The smallest absolute Gasteiger partial charge is 0.260 e. The fourth-order valence-corrected chi connectivity index (χ4v) is 1.80. The molecule has 0 spiro atoms. The molecule has 0 aliphatic carbocycles. The summed E-state index contributed by atoms with van der Waals surface area (Å²) < 4.78 is 5.27. The molecule has 19 heavy (non-hydrogen) atoms. The number of aryl methyl sites for hydroxylation is 1. The molecule has 0 radical (unpaired) electrons. The first-order valence-corrected chi connectivity index (χ1v) is 5.84. The summed E-state index contributed by atoms with van der Waals surface area (Å²) in [5, 5.41) is 3.95. The highest BCUT2D eigenvalue weighted by Gasteiger charge is 2.13. The minimum Gasteiger partial charge on any atom is -0.398 e. The van der Waals surface area contributed by atoms with Crippen LogP contribution < -0.4 is 5.73 Å². The van der Waals surface area contributed by atoms with E-state index in [0.29, 0.717) is 17.4 Å². The molecule has 3 rings (SSSR count). The van der Waals surface area contributed by atoms with Gasteiger partial charge in [0.25, 0.3) is 5.89 Å². The number of hydrogen-bond donors (Lipinski definition) is 1. The third-order valence-corrected chi connectivity index (χ3v) is 2.78. The van der Waals surface area contributed by atoms with Gasteiger partial charge in [-0.15, -0.1) is 0 Å². The van der Waals surface area contributed by atoms with Crippen LogP contribution in [0.3, 0.4) is 0 Å². The summed E-state index contributed by atoms with van der Waals surface area (Å²) >= 11 is 0. The number of nitrogens with two attached hydrogens (primary N) is 1. The molecule has 0 aliphatic heterocycles. The first-order valence-electron chi connectivity index (χ1n) is 5.84. The number of nitrogen functional groups attached to an aromatic ring is 1. The normalized spacial score (nSPS) is 10.6. The van der Waals surface area contributed by atoms with Crippen molar-refractivity contribution in [2.24, 2.45) is 0 Å². The van der Waals surface area contributed by atoms with Crippen molar-refractivity contribution in [2.45, 2.75) is 6.92 Å². The van der Waals surface area contributed by atoms with Crippen molar-refractivity contribution in [3.05, 3.63) is 48.3 Å². The number of nitrogens with zero attached hydrogens (tertiary/aromatic N) is 3. The number of rotatable bonds is 2. The molecule has 0 aliphatic rings. The van der Waals surface area contributed by atoms with Crippen molar-refractivity contribution >= 4 is 5.69 Å². The molecular formula is C14H12N4O. The second-order valence-electron chi connectivity index (χ2n) is 4.26. The molecule has 2 heterocycles. The highest BCUT2D eigenvalue weighted by molar-refractivity contribution is 5.72. The number of anilines is 1. The van der Waals surface area contributed by atoms with Crippen LogP contribution >= 0.6 is 0 Å². The lowest BCUT2D eigenvalue weighted by atomic mass is 10.1. The Morgan fingerprint density at radius 1 is 1.21 bits per heavy atom. The van der Waals surface area contributed by atoms with Gasteiger partial charge in [0.1, 0.15) is 0 Å². The summed E-state index contributed by atoms with van der Waals surface area (Å²) in [6.07, 6.45) is 3.39. The zero-order valence-electron chi connectivity index (χ0n) is 10.4. The summed E-state index contributed by atoms with van der Waals surface area (Å²) in [4.78, 5) is 8.38. The first-order chi connectivity index (χ1) is 9.24. The molecule has 3 aromatic rings. The van der Waals surface area contributed by atoms with Crippen LogP contribution in [0.15, 0.2) is 47.2 Å². The van der Waals surface area contributed by atoms with Crippen LogP contribution in [0.4, 0.5) is 5.69 Å². The molecule has 0 unspecified atom stereocenters. The van der Waals surface area contributed by atoms with E-state index in [-0.39, 0.29) is 0 Å². The topological polar surface area (TPSA) is 77.8 Å². The zero-order valence-corrected chi connectivity index (χ0v) is 10.4. The summed E-state index contributed by atoms with van der Waals surface area (Å²) in [7, 11) is 0. The fraction of sp³-hybridized carbons (Fsp3) is 0.0714. The lowest BCUT2D eigenvalue weighted by Gasteiger charge is -2.01. The maximum Gasteiger partial charge on any atom is 0.260 e. The summed E-state index contributed by atoms with van der Waals surface area (Å²) in [5.74, 6) is 0.920. The average Bonchev–Trinajstić information content (AvgIpc) is 2.92. The lowest BCUT2D eigenvalue weighted by molar-refractivity contribution is 0.432. The Kier molecular flexibility index (Phi) is 2.72. The van der Waals surface area contributed by atoms with E-state index in [0.717, 1.165) is 16.7 Å². The molecule has 5 nitrogen and oxygen atoms in total. The highest BCUT2D eigenvalue weighted by atomic mass is 16.5. The van der Waals surface area contributed by atoms with Crippen molar-refractivity contribution in [1.29, 1.82) is 0 Å². The quantitative estimate of drug-likeness (QED) is 0.709. The predicted molar refractivity (Wildman–Crippen MR) is 72.1 cm³/mol. The second kappa shape index (κ2) is 4.53. The molecule has 0 saturated heterocycles. The standard InChI is InChI=1S/C14H12N4O/c1-9-4-5-12(15)11(7-9)14-17-13(18-19-14)10-3-2-6-16-8-10/h2-8H,15H2,1H3. The number of hydrogen-bond acceptors (Lipinski definition) is 5. The molecule has 0 bridgehead atoms. The van der Waals surface area contributed by atoms with Crippen molar-refractivity contribution in [1.82, 2.24) is 15.1 Å². The third-order valence-electron chi connectivity index (χ3n) is 2.78. The lowest BCUT2D eigenvalue weighted by Crippen LogP contribution is -1.91. The first kappa shape index (κ1) is 11.4. The van der Waals surface area contributed by atoms with E-state index in [1.54, 1.807) is 12.4 Å². The van der Waals surface area contributed by atoms with Gasteiger partial charge in [0.05, 0.1) is 5.56 Å². The van der Waals surface area contributed by atoms with Gasteiger partial charge in [0.15, 0.2) is 0 Å². The van der Waals surface area contributed by atoms with E-state index in [1.807, 2.05) is 37.3 Å². The minimum absolute atomic E-state index is 0.417. The maximum atomic E-state index is 5.93. The van der Waals surface area contributed by atoms with E-state index in [4.69, 9.17) is 10.3 Å². The summed E-state index contributed by atoms with van der Waals surface area (Å²) in [6, 6.07) is 9.40. The van der Waals surface area contributed by atoms with Crippen molar-refractivity contribution in [2.75, 3.05) is 5.73 Å². The SMILES string of the molecule is Cc1ccc(N)c(-c2nc(-c3cccnc3)no2)c1. The van der Waals surface area contributed by atoms with Crippen LogP contribution in [-0.2, 0) is 0 Å². The average molecular weight is 252 g/mol. The van der Waals surface area contributed by atoms with Crippen LogP contribution in [0, 0.1) is 6.92 Å². The van der Waals surface area contributed by atoms with Crippen molar-refractivity contribution < 1.29 is 4.52 Å². The second-order valence-corrected chi connectivity index (χ2v) is 4.26. The van der Waals surface area contributed by atoms with Crippen LogP contribution in [0.1, 0.15) is 5.56 Å². The van der Waals surface area contributed by atoms with E-state index in [1.165, 1.54) is 0 Å². The van der Waals surface area contributed by atoms with Gasteiger partial charge in [0, 0.05) is 23.6 Å². The number of aromatic nitrogens is 3. The molecule has 2 N–H and O–H groups in total. The van der Waals surface area contributed by atoms with Crippen LogP contribution in [0.25, 0.3) is 22.8 Å². The molecule has 2 aromatic heterocycles. The molecule has 0 fully saturated rings. The molecule has 0 atom stereocenters. The monoisotopic (exact) mass is 252 g/mol. The Morgan fingerprint density at radius 2 is 2.11 bits per heavy atom. The van der Waals surface area contributed by atoms with Crippen molar-refractivity contribution in [3.63, 3.8) is 0 Å².